The molecule has 2 aromatic carbocycles. The Kier molecular flexibility index (Phi) is 7.63. The van der Waals surface area contributed by atoms with Crippen LogP contribution in [-0.2, 0) is 4.74 Å². The first-order valence-corrected chi connectivity index (χ1v) is 10.1. The second-order valence-corrected chi connectivity index (χ2v) is 7.21. The topological polar surface area (TPSA) is 27.7 Å². The van der Waals surface area contributed by atoms with Crippen molar-refractivity contribution < 1.29 is 4.74 Å². The van der Waals surface area contributed by atoms with E-state index in [1.165, 1.54) is 11.1 Å². The molecule has 0 spiro atoms. The van der Waals surface area contributed by atoms with Crippen LogP contribution in [0, 0.1) is 0 Å². The summed E-state index contributed by atoms with van der Waals surface area (Å²) in [6.07, 6.45) is 0.973. The fourth-order valence-electron chi connectivity index (χ4n) is 3.59. The van der Waals surface area contributed by atoms with Crippen molar-refractivity contribution in [2.24, 2.45) is 0 Å². The number of nitrogens with one attached hydrogen (secondary N) is 1. The molecule has 1 N–H and O–H groups in total. The van der Waals surface area contributed by atoms with Crippen LogP contribution in [0.15, 0.2) is 60.7 Å². The normalized spacial score (nSPS) is 15.1. The third kappa shape index (κ3) is 5.51. The van der Waals surface area contributed by atoms with Gasteiger partial charge in [0.15, 0.2) is 5.11 Å². The van der Waals surface area contributed by atoms with Gasteiger partial charge in [0.1, 0.15) is 0 Å². The second kappa shape index (κ2) is 10.4. The predicted molar refractivity (Wildman–Crippen MR) is 115 cm³/mol. The standard InChI is InChI=1S/C22H29N3OS/c1-26-18-8-13-23-22(27)25-16-14-24(15-17-25)21(19-9-4-2-5-10-19)20-11-6-3-7-12-20/h2-7,9-12,21H,8,13-18H2,1H3,(H,23,27). The van der Waals surface area contributed by atoms with Crippen molar-refractivity contribution in [1.29, 1.82) is 0 Å². The zero-order valence-corrected chi connectivity index (χ0v) is 16.8. The second-order valence-electron chi connectivity index (χ2n) is 6.83. The molecule has 3 rings (SSSR count). The molecule has 0 amide bonds. The molecule has 1 fully saturated rings. The Morgan fingerprint density at radius 2 is 1.52 bits per heavy atom. The van der Waals surface area contributed by atoms with Crippen molar-refractivity contribution in [3.8, 4) is 0 Å². The van der Waals surface area contributed by atoms with E-state index in [9.17, 15) is 0 Å². The van der Waals surface area contributed by atoms with Crippen molar-refractivity contribution in [1.82, 2.24) is 15.1 Å². The molecule has 1 aliphatic heterocycles. The molecule has 144 valence electrons. The Balaban J connectivity index is 1.62. The van der Waals surface area contributed by atoms with Crippen LogP contribution in [0.1, 0.15) is 23.6 Å². The van der Waals surface area contributed by atoms with E-state index >= 15 is 0 Å². The van der Waals surface area contributed by atoms with Gasteiger partial charge in [-0.2, -0.15) is 0 Å². The van der Waals surface area contributed by atoms with Gasteiger partial charge in [-0.15, -0.1) is 0 Å². The molecule has 0 aliphatic carbocycles. The van der Waals surface area contributed by atoms with Crippen molar-refractivity contribution in [2.75, 3.05) is 46.4 Å². The van der Waals surface area contributed by atoms with Crippen LogP contribution in [0.4, 0.5) is 0 Å². The fourth-order valence-corrected chi connectivity index (χ4v) is 3.88. The number of methoxy groups -OCH3 is 1. The SMILES string of the molecule is COCCCNC(=S)N1CCN(C(c2ccccc2)c2ccccc2)CC1. The first-order valence-electron chi connectivity index (χ1n) is 9.65. The van der Waals surface area contributed by atoms with E-state index in [1.54, 1.807) is 7.11 Å². The van der Waals surface area contributed by atoms with Gasteiger partial charge in [-0.1, -0.05) is 60.7 Å². The van der Waals surface area contributed by atoms with Crippen LogP contribution in [0.25, 0.3) is 0 Å². The Morgan fingerprint density at radius 1 is 0.963 bits per heavy atom. The number of ether oxygens (including phenoxy) is 1. The van der Waals surface area contributed by atoms with Gasteiger partial charge in [-0.25, -0.2) is 0 Å². The summed E-state index contributed by atoms with van der Waals surface area (Å²) in [5, 5.41) is 4.22. The molecule has 0 aromatic heterocycles. The predicted octanol–water partition coefficient (Wildman–Crippen LogP) is 3.30. The summed E-state index contributed by atoms with van der Waals surface area (Å²) >= 11 is 5.57. The number of nitrogens with zero attached hydrogens (tertiary/aromatic N) is 2. The van der Waals surface area contributed by atoms with Crippen molar-refractivity contribution in [3.05, 3.63) is 71.8 Å². The summed E-state index contributed by atoms with van der Waals surface area (Å²) in [7, 11) is 1.73. The maximum absolute atomic E-state index is 5.57. The molecule has 2 aromatic rings. The lowest BCUT2D eigenvalue weighted by Crippen LogP contribution is -2.52. The number of thiocarbonyl (C=S) groups is 1. The molecule has 1 heterocycles. The highest BCUT2D eigenvalue weighted by Crippen LogP contribution is 2.29. The number of hydrogen-bond acceptors (Lipinski definition) is 3. The lowest BCUT2D eigenvalue weighted by molar-refractivity contribution is 0.149. The van der Waals surface area contributed by atoms with Gasteiger partial charge in [0.25, 0.3) is 0 Å². The lowest BCUT2D eigenvalue weighted by Gasteiger charge is -2.40. The van der Waals surface area contributed by atoms with E-state index < -0.39 is 0 Å². The van der Waals surface area contributed by atoms with E-state index in [-0.39, 0.29) is 6.04 Å². The quantitative estimate of drug-likeness (QED) is 0.585. The van der Waals surface area contributed by atoms with Gasteiger partial charge in [0.2, 0.25) is 0 Å². The maximum Gasteiger partial charge on any atom is 0.169 e. The van der Waals surface area contributed by atoms with E-state index in [2.05, 4.69) is 75.8 Å². The summed E-state index contributed by atoms with van der Waals surface area (Å²) in [6, 6.07) is 21.9. The number of piperazine rings is 1. The number of hydrogen-bond donors (Lipinski definition) is 1. The molecular weight excluding hydrogens is 354 g/mol. The zero-order chi connectivity index (χ0) is 18.9. The summed E-state index contributed by atoms with van der Waals surface area (Å²) in [4.78, 5) is 4.85. The van der Waals surface area contributed by atoms with Crippen LogP contribution in [0.3, 0.4) is 0 Å². The molecule has 27 heavy (non-hydrogen) atoms. The molecule has 0 unspecified atom stereocenters. The molecule has 5 heteroatoms. The Morgan fingerprint density at radius 3 is 2.04 bits per heavy atom. The number of benzene rings is 2. The van der Waals surface area contributed by atoms with Gasteiger partial charge in [-0.05, 0) is 29.8 Å². The third-order valence-electron chi connectivity index (χ3n) is 5.00. The monoisotopic (exact) mass is 383 g/mol. The average molecular weight is 384 g/mol. The van der Waals surface area contributed by atoms with Crippen LogP contribution < -0.4 is 5.32 Å². The Labute approximate surface area is 168 Å². The Hall–Kier alpha value is -1.95. The minimum absolute atomic E-state index is 0.290. The van der Waals surface area contributed by atoms with E-state index in [0.29, 0.717) is 0 Å². The van der Waals surface area contributed by atoms with Crippen molar-refractivity contribution >= 4 is 17.3 Å². The maximum atomic E-state index is 5.57. The molecule has 1 aliphatic rings. The smallest absolute Gasteiger partial charge is 0.169 e. The van der Waals surface area contributed by atoms with Crippen molar-refractivity contribution in [3.63, 3.8) is 0 Å². The highest BCUT2D eigenvalue weighted by Gasteiger charge is 2.26. The van der Waals surface area contributed by atoms with Gasteiger partial charge >= 0.3 is 0 Å². The lowest BCUT2D eigenvalue weighted by atomic mass is 9.96. The fraction of sp³-hybridized carbons (Fsp3) is 0.409. The van der Waals surface area contributed by atoms with Gasteiger partial charge in [0.05, 0.1) is 6.04 Å². The van der Waals surface area contributed by atoms with Gasteiger partial charge < -0.3 is 15.0 Å². The van der Waals surface area contributed by atoms with Crippen LogP contribution in [0.2, 0.25) is 0 Å². The first kappa shape index (κ1) is 19.8. The van der Waals surface area contributed by atoms with Gasteiger partial charge in [-0.3, -0.25) is 4.90 Å². The summed E-state index contributed by atoms with van der Waals surface area (Å²) in [6.45, 7) is 5.52. The summed E-state index contributed by atoms with van der Waals surface area (Å²) in [5.41, 5.74) is 2.69. The average Bonchev–Trinajstić information content (AvgIpc) is 2.73. The Bertz CT molecular complexity index is 648. The highest BCUT2D eigenvalue weighted by molar-refractivity contribution is 7.80. The van der Waals surface area contributed by atoms with Crippen LogP contribution >= 0.6 is 12.2 Å². The highest BCUT2D eigenvalue weighted by atomic mass is 32.1. The number of rotatable bonds is 7. The zero-order valence-electron chi connectivity index (χ0n) is 16.0. The molecule has 0 saturated carbocycles. The largest absolute Gasteiger partial charge is 0.385 e. The minimum Gasteiger partial charge on any atom is -0.385 e. The minimum atomic E-state index is 0.290. The summed E-state index contributed by atoms with van der Waals surface area (Å²) < 4.78 is 5.09. The van der Waals surface area contributed by atoms with Crippen LogP contribution in [-0.4, -0.2) is 61.4 Å². The first-order chi connectivity index (χ1) is 13.3. The van der Waals surface area contributed by atoms with E-state index in [1.807, 2.05) is 0 Å². The molecule has 1 saturated heterocycles. The van der Waals surface area contributed by atoms with Crippen molar-refractivity contribution in [2.45, 2.75) is 12.5 Å². The van der Waals surface area contributed by atoms with Crippen LogP contribution in [0.5, 0.6) is 0 Å². The third-order valence-corrected chi connectivity index (χ3v) is 5.40. The molecule has 0 bridgehead atoms. The van der Waals surface area contributed by atoms with E-state index in [0.717, 1.165) is 50.9 Å². The van der Waals surface area contributed by atoms with E-state index in [4.69, 9.17) is 17.0 Å². The molecule has 0 atom stereocenters. The molecular formula is C22H29N3OS. The summed E-state index contributed by atoms with van der Waals surface area (Å²) in [5.74, 6) is 0. The molecule has 0 radical (unpaired) electrons. The molecule has 4 nitrogen and oxygen atoms in total. The van der Waals surface area contributed by atoms with Gasteiger partial charge in [0, 0.05) is 46.4 Å².